The van der Waals surface area contributed by atoms with Gasteiger partial charge in [-0.05, 0) is 29.8 Å². The Balaban J connectivity index is 1.75. The van der Waals surface area contributed by atoms with Crippen molar-refractivity contribution in [3.05, 3.63) is 63.9 Å². The van der Waals surface area contributed by atoms with Crippen molar-refractivity contribution in [2.24, 2.45) is 0 Å². The molecule has 6 heteroatoms. The fraction of sp³-hybridized carbons (Fsp3) is 0.188. The summed E-state index contributed by atoms with van der Waals surface area (Å²) in [4.78, 5) is 11.9. The lowest BCUT2D eigenvalue weighted by molar-refractivity contribution is -0.116. The normalized spacial score (nSPS) is 10.5. The van der Waals surface area contributed by atoms with Gasteiger partial charge in [0, 0.05) is 19.5 Å². The third kappa shape index (κ3) is 4.98. The maximum Gasteiger partial charge on any atom is 0.225 e. The van der Waals surface area contributed by atoms with Gasteiger partial charge in [-0.15, -0.1) is 0 Å². The lowest BCUT2D eigenvalue weighted by atomic mass is 10.2. The lowest BCUT2D eigenvalue weighted by Crippen LogP contribution is -2.21. The molecule has 1 amide bonds. The summed E-state index contributed by atoms with van der Waals surface area (Å²) in [7, 11) is 0. The van der Waals surface area contributed by atoms with Gasteiger partial charge in [0.1, 0.15) is 5.82 Å². The van der Waals surface area contributed by atoms with Crippen LogP contribution in [-0.2, 0) is 11.3 Å². The van der Waals surface area contributed by atoms with Gasteiger partial charge in [-0.25, -0.2) is 4.39 Å². The SMILES string of the molecule is O=C(CCNCc1ccc(F)cc1)Nc1c(Cl)cccc1Cl. The monoisotopic (exact) mass is 340 g/mol. The number of carbonyl (C=O) groups excluding carboxylic acids is 1. The van der Waals surface area contributed by atoms with Gasteiger partial charge in [0.25, 0.3) is 0 Å². The van der Waals surface area contributed by atoms with Crippen LogP contribution in [0.4, 0.5) is 10.1 Å². The number of anilines is 1. The first kappa shape index (κ1) is 16.7. The van der Waals surface area contributed by atoms with Crippen molar-refractivity contribution in [1.29, 1.82) is 0 Å². The molecule has 0 aliphatic heterocycles. The van der Waals surface area contributed by atoms with E-state index in [1.54, 1.807) is 30.3 Å². The molecule has 0 fully saturated rings. The maximum absolute atomic E-state index is 12.8. The minimum Gasteiger partial charge on any atom is -0.324 e. The molecule has 116 valence electrons. The highest BCUT2D eigenvalue weighted by molar-refractivity contribution is 6.39. The van der Waals surface area contributed by atoms with Gasteiger partial charge >= 0.3 is 0 Å². The minimum atomic E-state index is -0.264. The third-order valence-electron chi connectivity index (χ3n) is 3.00. The standard InChI is InChI=1S/C16H15Cl2FN2O/c17-13-2-1-3-14(18)16(13)21-15(22)8-9-20-10-11-4-6-12(19)7-5-11/h1-7,20H,8-10H2,(H,21,22). The molecule has 0 aliphatic carbocycles. The Morgan fingerprint density at radius 1 is 1.05 bits per heavy atom. The molecule has 0 aromatic heterocycles. The molecule has 2 aromatic rings. The molecular formula is C16H15Cl2FN2O. The quantitative estimate of drug-likeness (QED) is 0.771. The Morgan fingerprint density at radius 3 is 2.32 bits per heavy atom. The second-order valence-electron chi connectivity index (χ2n) is 4.70. The van der Waals surface area contributed by atoms with Crippen LogP contribution in [0.1, 0.15) is 12.0 Å². The Hall–Kier alpha value is -1.62. The number of rotatable bonds is 6. The number of para-hydroxylation sites is 1. The van der Waals surface area contributed by atoms with Crippen LogP contribution in [0, 0.1) is 5.82 Å². The van der Waals surface area contributed by atoms with E-state index in [9.17, 15) is 9.18 Å². The van der Waals surface area contributed by atoms with Crippen LogP contribution in [0.5, 0.6) is 0 Å². The molecule has 2 aromatic carbocycles. The van der Waals surface area contributed by atoms with E-state index in [1.807, 2.05) is 0 Å². The second kappa shape index (κ2) is 8.13. The average molecular weight is 341 g/mol. The molecule has 0 heterocycles. The first-order valence-electron chi connectivity index (χ1n) is 6.75. The molecular weight excluding hydrogens is 326 g/mol. The summed E-state index contributed by atoms with van der Waals surface area (Å²) in [5, 5.41) is 6.62. The predicted octanol–water partition coefficient (Wildman–Crippen LogP) is 4.25. The zero-order valence-electron chi connectivity index (χ0n) is 11.7. The molecule has 0 bridgehead atoms. The molecule has 0 saturated carbocycles. The Labute approximate surface area is 138 Å². The van der Waals surface area contributed by atoms with Gasteiger partial charge in [0.15, 0.2) is 0 Å². The molecule has 0 radical (unpaired) electrons. The molecule has 22 heavy (non-hydrogen) atoms. The smallest absolute Gasteiger partial charge is 0.225 e. The fourth-order valence-electron chi connectivity index (χ4n) is 1.86. The van der Waals surface area contributed by atoms with Gasteiger partial charge in [0.2, 0.25) is 5.91 Å². The number of benzene rings is 2. The first-order valence-corrected chi connectivity index (χ1v) is 7.51. The van der Waals surface area contributed by atoms with Gasteiger partial charge in [-0.2, -0.15) is 0 Å². The molecule has 0 saturated heterocycles. The van der Waals surface area contributed by atoms with Gasteiger partial charge in [0.05, 0.1) is 15.7 Å². The number of hydrogen-bond acceptors (Lipinski definition) is 2. The summed E-state index contributed by atoms with van der Waals surface area (Å²) in [6, 6.07) is 11.3. The van der Waals surface area contributed by atoms with Crippen molar-refractivity contribution >= 4 is 34.8 Å². The largest absolute Gasteiger partial charge is 0.324 e. The van der Waals surface area contributed by atoms with E-state index in [0.717, 1.165) is 5.56 Å². The molecule has 3 nitrogen and oxygen atoms in total. The second-order valence-corrected chi connectivity index (χ2v) is 5.51. The molecule has 0 atom stereocenters. The van der Waals surface area contributed by atoms with E-state index >= 15 is 0 Å². The zero-order valence-corrected chi connectivity index (χ0v) is 13.2. The highest BCUT2D eigenvalue weighted by Gasteiger charge is 2.09. The number of halogens is 3. The molecule has 2 rings (SSSR count). The zero-order chi connectivity index (χ0) is 15.9. The summed E-state index contributed by atoms with van der Waals surface area (Å²) in [5.74, 6) is -0.443. The molecule has 0 spiro atoms. The van der Waals surface area contributed by atoms with Crippen LogP contribution in [0.15, 0.2) is 42.5 Å². The van der Waals surface area contributed by atoms with Crippen LogP contribution in [-0.4, -0.2) is 12.5 Å². The van der Waals surface area contributed by atoms with Crippen molar-refractivity contribution in [3.8, 4) is 0 Å². The summed E-state index contributed by atoms with van der Waals surface area (Å²) >= 11 is 12.0. The minimum absolute atomic E-state index is 0.179. The molecule has 0 aliphatic rings. The van der Waals surface area contributed by atoms with Crippen LogP contribution in [0.2, 0.25) is 10.0 Å². The molecule has 0 unspecified atom stereocenters. The summed E-state index contributed by atoms with van der Waals surface area (Å²) in [5.41, 5.74) is 1.38. The van der Waals surface area contributed by atoms with Crippen molar-refractivity contribution in [3.63, 3.8) is 0 Å². The van der Waals surface area contributed by atoms with Gasteiger partial charge in [-0.1, -0.05) is 41.4 Å². The number of carbonyl (C=O) groups is 1. The maximum atomic E-state index is 12.8. The molecule has 2 N–H and O–H groups in total. The van der Waals surface area contributed by atoms with E-state index in [2.05, 4.69) is 10.6 Å². The average Bonchev–Trinajstić information content (AvgIpc) is 2.49. The van der Waals surface area contributed by atoms with Crippen molar-refractivity contribution < 1.29 is 9.18 Å². The van der Waals surface area contributed by atoms with Gasteiger partial charge < -0.3 is 10.6 Å². The van der Waals surface area contributed by atoms with Crippen LogP contribution >= 0.6 is 23.2 Å². The highest BCUT2D eigenvalue weighted by Crippen LogP contribution is 2.29. The van der Waals surface area contributed by atoms with Crippen LogP contribution in [0.25, 0.3) is 0 Å². The van der Waals surface area contributed by atoms with E-state index in [4.69, 9.17) is 23.2 Å². The van der Waals surface area contributed by atoms with Crippen LogP contribution in [0.3, 0.4) is 0 Å². The summed E-state index contributed by atoms with van der Waals surface area (Å²) in [6.07, 6.45) is 0.281. The Bertz CT molecular complexity index is 627. The van der Waals surface area contributed by atoms with Gasteiger partial charge in [-0.3, -0.25) is 4.79 Å². The third-order valence-corrected chi connectivity index (χ3v) is 3.63. The van der Waals surface area contributed by atoms with E-state index in [1.165, 1.54) is 12.1 Å². The van der Waals surface area contributed by atoms with Crippen molar-refractivity contribution in [1.82, 2.24) is 5.32 Å². The topological polar surface area (TPSA) is 41.1 Å². The first-order chi connectivity index (χ1) is 10.6. The van der Waals surface area contributed by atoms with Crippen molar-refractivity contribution in [2.75, 3.05) is 11.9 Å². The summed E-state index contributed by atoms with van der Waals surface area (Å²) < 4.78 is 12.8. The highest BCUT2D eigenvalue weighted by atomic mass is 35.5. The van der Waals surface area contributed by atoms with E-state index < -0.39 is 0 Å². The number of nitrogens with one attached hydrogen (secondary N) is 2. The predicted molar refractivity (Wildman–Crippen MR) is 87.8 cm³/mol. The Morgan fingerprint density at radius 2 is 1.68 bits per heavy atom. The Kier molecular flexibility index (Phi) is 6.19. The lowest BCUT2D eigenvalue weighted by Gasteiger charge is -2.09. The van der Waals surface area contributed by atoms with E-state index in [-0.39, 0.29) is 18.1 Å². The van der Waals surface area contributed by atoms with Crippen LogP contribution < -0.4 is 10.6 Å². The van der Waals surface area contributed by atoms with Crippen molar-refractivity contribution in [2.45, 2.75) is 13.0 Å². The summed E-state index contributed by atoms with van der Waals surface area (Å²) in [6.45, 7) is 1.06. The van der Waals surface area contributed by atoms with E-state index in [0.29, 0.717) is 28.8 Å². The number of hydrogen-bond donors (Lipinski definition) is 2. The fourth-order valence-corrected chi connectivity index (χ4v) is 2.35. The number of amides is 1.